The number of nitrogens with zero attached hydrogens (tertiary/aromatic N) is 1. The van der Waals surface area contributed by atoms with Gasteiger partial charge in [-0.3, -0.25) is 0 Å². The molecule has 0 bridgehead atoms. The molecule has 0 spiro atoms. The Morgan fingerprint density at radius 2 is 0.833 bits per heavy atom. The van der Waals surface area contributed by atoms with E-state index in [9.17, 15) is 0 Å². The van der Waals surface area contributed by atoms with Crippen LogP contribution in [0.4, 0.5) is 0 Å². The van der Waals surface area contributed by atoms with Crippen LogP contribution >= 0.6 is 15.9 Å². The Morgan fingerprint density at radius 3 is 1.21 bits per heavy atom. The zero-order valence-electron chi connectivity index (χ0n) is 16.9. The number of unbranched alkanes of at least 4 members (excludes halogenated alkanes) is 9. The van der Waals surface area contributed by atoms with Crippen molar-refractivity contribution in [1.29, 1.82) is 0 Å². The van der Waals surface area contributed by atoms with Crippen molar-refractivity contribution in [2.24, 2.45) is 0 Å². The maximum Gasteiger partial charge on any atom is 0.0786 e. The van der Waals surface area contributed by atoms with Crippen LogP contribution in [0.15, 0.2) is 0 Å². The van der Waals surface area contributed by atoms with Gasteiger partial charge < -0.3 is 21.5 Å². The molecule has 0 aromatic rings. The summed E-state index contributed by atoms with van der Waals surface area (Å²) >= 11 is 3.62. The van der Waals surface area contributed by atoms with E-state index in [0.717, 1.165) is 0 Å². The zero-order chi connectivity index (χ0) is 17.2. The SMILES string of the molecule is CCCCCC[N+](CCCCC)(CCCCBr)CCCCCC.[Br-]. The largest absolute Gasteiger partial charge is 1.00 e. The van der Waals surface area contributed by atoms with Gasteiger partial charge in [0.2, 0.25) is 0 Å². The van der Waals surface area contributed by atoms with Crippen molar-refractivity contribution < 1.29 is 21.5 Å². The molecule has 0 aliphatic heterocycles. The summed E-state index contributed by atoms with van der Waals surface area (Å²) in [5.41, 5.74) is 0. The lowest BCUT2D eigenvalue weighted by Crippen LogP contribution is -3.00. The second-order valence-corrected chi connectivity index (χ2v) is 8.25. The molecule has 0 fully saturated rings. The van der Waals surface area contributed by atoms with Crippen molar-refractivity contribution in [3.63, 3.8) is 0 Å². The van der Waals surface area contributed by atoms with Gasteiger partial charge >= 0.3 is 0 Å². The fourth-order valence-electron chi connectivity index (χ4n) is 3.66. The van der Waals surface area contributed by atoms with Crippen LogP contribution in [-0.4, -0.2) is 36.0 Å². The molecule has 0 unspecified atom stereocenters. The molecule has 0 aromatic heterocycles. The molecule has 0 aliphatic rings. The number of hydrogen-bond acceptors (Lipinski definition) is 0. The van der Waals surface area contributed by atoms with E-state index in [1.807, 2.05) is 0 Å². The third-order valence-corrected chi connectivity index (χ3v) is 5.78. The molecule has 3 heteroatoms. The predicted molar refractivity (Wildman–Crippen MR) is 111 cm³/mol. The Kier molecular flexibility index (Phi) is 22.9. The third-order valence-electron chi connectivity index (χ3n) is 5.22. The Hall–Kier alpha value is 0.920. The maximum absolute atomic E-state index is 3.62. The number of quaternary nitrogens is 1. The zero-order valence-corrected chi connectivity index (χ0v) is 20.1. The topological polar surface area (TPSA) is 0 Å². The minimum atomic E-state index is 0. The van der Waals surface area contributed by atoms with E-state index in [1.54, 1.807) is 0 Å². The summed E-state index contributed by atoms with van der Waals surface area (Å²) in [5, 5.41) is 1.17. The molecular weight excluding hydrogens is 426 g/mol. The summed E-state index contributed by atoms with van der Waals surface area (Å²) < 4.78 is 1.43. The Labute approximate surface area is 172 Å². The predicted octanol–water partition coefficient (Wildman–Crippen LogP) is 4.33. The standard InChI is InChI=1S/C21H45BrN.BrH/c1-4-7-10-14-19-23(18-13-9-6-3,21-16-12-17-22)20-15-11-8-5-2;/h4-21H2,1-3H3;1H/q+1;/p-1. The van der Waals surface area contributed by atoms with E-state index in [1.165, 1.54) is 119 Å². The number of halogens is 2. The molecule has 1 nitrogen and oxygen atoms in total. The van der Waals surface area contributed by atoms with E-state index in [4.69, 9.17) is 0 Å². The maximum atomic E-state index is 3.62. The summed E-state index contributed by atoms with van der Waals surface area (Å²) in [7, 11) is 0. The average molecular weight is 471 g/mol. The van der Waals surface area contributed by atoms with E-state index < -0.39 is 0 Å². The Morgan fingerprint density at radius 1 is 0.500 bits per heavy atom. The van der Waals surface area contributed by atoms with Crippen molar-refractivity contribution >= 4 is 15.9 Å². The molecule has 0 heterocycles. The van der Waals surface area contributed by atoms with E-state index in [-0.39, 0.29) is 17.0 Å². The lowest BCUT2D eigenvalue weighted by Gasteiger charge is -2.39. The Bertz CT molecular complexity index is 210. The first-order valence-corrected chi connectivity index (χ1v) is 11.8. The summed E-state index contributed by atoms with van der Waals surface area (Å²) in [5.74, 6) is 0. The molecule has 148 valence electrons. The van der Waals surface area contributed by atoms with Gasteiger partial charge in [-0.05, 0) is 51.4 Å². The fourth-order valence-corrected chi connectivity index (χ4v) is 4.05. The molecule has 0 radical (unpaired) electrons. The van der Waals surface area contributed by atoms with Gasteiger partial charge in [0.15, 0.2) is 0 Å². The van der Waals surface area contributed by atoms with Crippen molar-refractivity contribution in [1.82, 2.24) is 0 Å². The van der Waals surface area contributed by atoms with E-state index >= 15 is 0 Å². The van der Waals surface area contributed by atoms with Gasteiger partial charge in [-0.2, -0.15) is 0 Å². The third kappa shape index (κ3) is 15.2. The normalized spacial score (nSPS) is 11.5. The summed E-state index contributed by atoms with van der Waals surface area (Å²) in [4.78, 5) is 0. The molecular formula is C21H45Br2N. The minimum Gasteiger partial charge on any atom is -1.00 e. The molecule has 0 aliphatic carbocycles. The van der Waals surface area contributed by atoms with Crippen molar-refractivity contribution in [2.45, 2.75) is 104 Å². The number of rotatable bonds is 18. The molecule has 24 heavy (non-hydrogen) atoms. The molecule has 0 rings (SSSR count). The monoisotopic (exact) mass is 469 g/mol. The van der Waals surface area contributed by atoms with Gasteiger partial charge in [-0.25, -0.2) is 0 Å². The molecule has 0 atom stereocenters. The molecule has 0 amide bonds. The van der Waals surface area contributed by atoms with Crippen LogP contribution in [0.25, 0.3) is 0 Å². The van der Waals surface area contributed by atoms with Crippen molar-refractivity contribution in [3.8, 4) is 0 Å². The smallest absolute Gasteiger partial charge is 0.0786 e. The van der Waals surface area contributed by atoms with Gasteiger partial charge in [-0.1, -0.05) is 68.8 Å². The van der Waals surface area contributed by atoms with Crippen LogP contribution < -0.4 is 17.0 Å². The lowest BCUT2D eigenvalue weighted by molar-refractivity contribution is -0.929. The highest BCUT2D eigenvalue weighted by Crippen LogP contribution is 2.18. The lowest BCUT2D eigenvalue weighted by atomic mass is 10.1. The number of alkyl halides is 1. The van der Waals surface area contributed by atoms with Gasteiger partial charge in [0.25, 0.3) is 0 Å². The highest BCUT2D eigenvalue weighted by molar-refractivity contribution is 9.09. The second-order valence-electron chi connectivity index (χ2n) is 7.46. The first-order chi connectivity index (χ1) is 11.2. The van der Waals surface area contributed by atoms with Crippen LogP contribution in [0.5, 0.6) is 0 Å². The van der Waals surface area contributed by atoms with Crippen LogP contribution in [0.2, 0.25) is 0 Å². The Balaban J connectivity index is 0. The van der Waals surface area contributed by atoms with Gasteiger partial charge in [-0.15, -0.1) is 0 Å². The van der Waals surface area contributed by atoms with Gasteiger partial charge in [0.1, 0.15) is 0 Å². The summed E-state index contributed by atoms with van der Waals surface area (Å²) in [6.07, 6.45) is 18.3. The summed E-state index contributed by atoms with van der Waals surface area (Å²) in [6, 6.07) is 0. The van der Waals surface area contributed by atoms with E-state index in [0.29, 0.717) is 0 Å². The minimum absolute atomic E-state index is 0. The van der Waals surface area contributed by atoms with Gasteiger partial charge in [0.05, 0.1) is 26.2 Å². The number of hydrogen-bond donors (Lipinski definition) is 0. The average Bonchev–Trinajstić information content (AvgIpc) is 2.56. The van der Waals surface area contributed by atoms with Crippen molar-refractivity contribution in [2.75, 3.05) is 31.5 Å². The quantitative estimate of drug-likeness (QED) is 0.159. The second kappa shape index (κ2) is 20.2. The highest BCUT2D eigenvalue weighted by Gasteiger charge is 2.25. The van der Waals surface area contributed by atoms with Crippen LogP contribution in [0, 0.1) is 0 Å². The van der Waals surface area contributed by atoms with Crippen LogP contribution in [0.3, 0.4) is 0 Å². The molecule has 0 N–H and O–H groups in total. The van der Waals surface area contributed by atoms with E-state index in [2.05, 4.69) is 36.7 Å². The fraction of sp³-hybridized carbons (Fsp3) is 1.00. The molecule has 0 saturated heterocycles. The molecule has 0 aromatic carbocycles. The first-order valence-electron chi connectivity index (χ1n) is 10.7. The highest BCUT2D eigenvalue weighted by atomic mass is 79.9. The van der Waals surface area contributed by atoms with Crippen molar-refractivity contribution in [3.05, 3.63) is 0 Å². The van der Waals surface area contributed by atoms with Crippen LogP contribution in [0.1, 0.15) is 104 Å². The van der Waals surface area contributed by atoms with Crippen LogP contribution in [-0.2, 0) is 0 Å². The van der Waals surface area contributed by atoms with Gasteiger partial charge in [0, 0.05) is 5.33 Å². The first kappa shape index (κ1) is 27.1. The molecule has 0 saturated carbocycles. The summed E-state index contributed by atoms with van der Waals surface area (Å²) in [6.45, 7) is 12.7.